The first kappa shape index (κ1) is 16.8. The molecule has 1 N–H and O–H groups in total. The molecule has 2 nitrogen and oxygen atoms in total. The van der Waals surface area contributed by atoms with Gasteiger partial charge in [-0.1, -0.05) is 36.4 Å². The molecule has 0 radical (unpaired) electrons. The van der Waals surface area contributed by atoms with E-state index in [0.717, 1.165) is 37.7 Å². The molecule has 26 heavy (non-hydrogen) atoms. The van der Waals surface area contributed by atoms with Crippen molar-refractivity contribution < 1.29 is 4.79 Å². The lowest BCUT2D eigenvalue weighted by molar-refractivity contribution is -0.145. The predicted molar refractivity (Wildman–Crippen MR) is 106 cm³/mol. The van der Waals surface area contributed by atoms with Gasteiger partial charge in [0.05, 0.1) is 11.5 Å². The third-order valence-corrected chi connectivity index (χ3v) is 8.09. The summed E-state index contributed by atoms with van der Waals surface area (Å²) in [5.74, 6) is 1.49. The third kappa shape index (κ3) is 2.80. The lowest BCUT2D eigenvalue weighted by Crippen LogP contribution is -2.58. The fourth-order valence-corrected chi connectivity index (χ4v) is 7.62. The maximum atomic E-state index is 13.6. The van der Waals surface area contributed by atoms with E-state index in [-0.39, 0.29) is 22.2 Å². The summed E-state index contributed by atoms with van der Waals surface area (Å²) in [6, 6.07) is 14.4. The van der Waals surface area contributed by atoms with Crippen molar-refractivity contribution in [2.24, 2.45) is 17.3 Å². The van der Waals surface area contributed by atoms with Crippen molar-refractivity contribution in [3.63, 3.8) is 0 Å². The first-order chi connectivity index (χ1) is 12.6. The Morgan fingerprint density at radius 3 is 2.42 bits per heavy atom. The molecule has 4 heteroatoms. The summed E-state index contributed by atoms with van der Waals surface area (Å²) in [5.41, 5.74) is 0.893. The van der Waals surface area contributed by atoms with E-state index in [1.54, 1.807) is 11.3 Å². The molecule has 2 aromatic rings. The summed E-state index contributed by atoms with van der Waals surface area (Å²) in [7, 11) is 0. The molecule has 4 bridgehead atoms. The number of carbonyl (C=O) groups excluding carboxylic acids is 1. The second-order valence-electron chi connectivity index (χ2n) is 8.72. The van der Waals surface area contributed by atoms with Gasteiger partial charge in [0.1, 0.15) is 0 Å². The average molecular weight is 386 g/mol. The Morgan fingerprint density at radius 2 is 1.81 bits per heavy atom. The Kier molecular flexibility index (Phi) is 3.95. The monoisotopic (exact) mass is 385 g/mol. The zero-order valence-electron chi connectivity index (χ0n) is 14.8. The van der Waals surface area contributed by atoms with E-state index in [9.17, 15) is 4.79 Å². The van der Waals surface area contributed by atoms with Gasteiger partial charge in [0.15, 0.2) is 0 Å². The van der Waals surface area contributed by atoms with Gasteiger partial charge >= 0.3 is 0 Å². The third-order valence-electron chi connectivity index (χ3n) is 6.71. The molecule has 0 aliphatic heterocycles. The van der Waals surface area contributed by atoms with Gasteiger partial charge in [-0.15, -0.1) is 22.9 Å². The van der Waals surface area contributed by atoms with Crippen LogP contribution in [0.2, 0.25) is 0 Å². The summed E-state index contributed by atoms with van der Waals surface area (Å²) >= 11 is 8.64. The van der Waals surface area contributed by atoms with E-state index in [4.69, 9.17) is 11.6 Å². The van der Waals surface area contributed by atoms with Crippen LogP contribution in [0.25, 0.3) is 0 Å². The molecule has 4 aliphatic carbocycles. The summed E-state index contributed by atoms with van der Waals surface area (Å²) in [4.78, 5) is 14.6. The number of halogens is 1. The van der Waals surface area contributed by atoms with Gasteiger partial charge in [-0.2, -0.15) is 0 Å². The summed E-state index contributed by atoms with van der Waals surface area (Å²) in [6.45, 7) is 0. The van der Waals surface area contributed by atoms with Gasteiger partial charge in [0, 0.05) is 9.75 Å². The zero-order valence-corrected chi connectivity index (χ0v) is 16.4. The van der Waals surface area contributed by atoms with Crippen LogP contribution in [0.4, 0.5) is 0 Å². The molecule has 1 heterocycles. The molecule has 0 unspecified atom stereocenters. The number of alkyl halides is 1. The van der Waals surface area contributed by atoms with Crippen molar-refractivity contribution in [1.29, 1.82) is 0 Å². The fraction of sp³-hybridized carbons (Fsp3) is 0.500. The molecule has 1 aromatic carbocycles. The first-order valence-corrected chi connectivity index (χ1v) is 10.9. The Bertz CT molecular complexity index is 789. The number of amides is 1. The van der Waals surface area contributed by atoms with E-state index in [0.29, 0.717) is 11.8 Å². The lowest BCUT2D eigenvalue weighted by atomic mass is 9.49. The van der Waals surface area contributed by atoms with Crippen LogP contribution in [0.1, 0.15) is 55.0 Å². The molecule has 1 aromatic heterocycles. The molecule has 4 fully saturated rings. The maximum Gasteiger partial charge on any atom is 0.227 e. The highest BCUT2D eigenvalue weighted by molar-refractivity contribution is 7.10. The second kappa shape index (κ2) is 6.10. The van der Waals surface area contributed by atoms with Crippen LogP contribution in [0.5, 0.6) is 0 Å². The maximum absolute atomic E-state index is 13.6. The van der Waals surface area contributed by atoms with E-state index < -0.39 is 0 Å². The molecule has 0 saturated heterocycles. The second-order valence-corrected chi connectivity index (χ2v) is 10.5. The number of hydrogen-bond acceptors (Lipinski definition) is 2. The van der Waals surface area contributed by atoms with E-state index >= 15 is 0 Å². The number of nitrogens with one attached hydrogen (secondary N) is 1. The smallest absolute Gasteiger partial charge is 0.227 e. The molecule has 4 aliphatic rings. The normalized spacial score (nSPS) is 36.0. The van der Waals surface area contributed by atoms with Crippen molar-refractivity contribution in [3.8, 4) is 0 Å². The van der Waals surface area contributed by atoms with Crippen LogP contribution in [0, 0.1) is 17.3 Å². The zero-order chi connectivity index (χ0) is 17.8. The lowest BCUT2D eigenvalue weighted by Gasteiger charge is -2.59. The highest BCUT2D eigenvalue weighted by Gasteiger charge is 2.60. The molecule has 136 valence electrons. The first-order valence-electron chi connectivity index (χ1n) is 9.64. The van der Waals surface area contributed by atoms with E-state index in [2.05, 4.69) is 35.0 Å². The van der Waals surface area contributed by atoms with Gasteiger partial charge in [-0.05, 0) is 67.4 Å². The summed E-state index contributed by atoms with van der Waals surface area (Å²) < 4.78 is 0. The van der Waals surface area contributed by atoms with E-state index in [1.165, 1.54) is 11.3 Å². The van der Waals surface area contributed by atoms with Crippen molar-refractivity contribution >= 4 is 28.8 Å². The summed E-state index contributed by atoms with van der Waals surface area (Å²) in [5, 5.41) is 5.50. The predicted octanol–water partition coefficient (Wildman–Crippen LogP) is 5.53. The number of carbonyl (C=O) groups is 1. The van der Waals surface area contributed by atoms with Crippen LogP contribution in [-0.2, 0) is 4.79 Å². The van der Waals surface area contributed by atoms with Crippen LogP contribution in [0.15, 0.2) is 47.8 Å². The molecule has 0 spiro atoms. The molecule has 6 rings (SSSR count). The molecule has 3 atom stereocenters. The summed E-state index contributed by atoms with van der Waals surface area (Å²) in [6.07, 6.45) is 6.38. The van der Waals surface area contributed by atoms with Crippen molar-refractivity contribution in [2.45, 2.75) is 49.4 Å². The molecular weight excluding hydrogens is 362 g/mol. The van der Waals surface area contributed by atoms with Crippen molar-refractivity contribution in [2.75, 3.05) is 0 Å². The largest absolute Gasteiger partial charge is 0.344 e. The number of hydrogen-bond donors (Lipinski definition) is 1. The topological polar surface area (TPSA) is 29.1 Å². The number of thiophene rings is 1. The number of rotatable bonds is 4. The van der Waals surface area contributed by atoms with Crippen molar-refractivity contribution in [1.82, 2.24) is 5.32 Å². The Labute approximate surface area is 164 Å². The number of benzene rings is 1. The van der Waals surface area contributed by atoms with E-state index in [1.807, 2.05) is 18.2 Å². The minimum Gasteiger partial charge on any atom is -0.344 e. The molecule has 4 saturated carbocycles. The van der Waals surface area contributed by atoms with Crippen LogP contribution in [0.3, 0.4) is 0 Å². The Balaban J connectivity index is 1.45. The average Bonchev–Trinajstić information content (AvgIpc) is 3.12. The van der Waals surface area contributed by atoms with Crippen LogP contribution in [-0.4, -0.2) is 10.8 Å². The van der Waals surface area contributed by atoms with Gasteiger partial charge in [-0.25, -0.2) is 0 Å². The SMILES string of the molecule is O=C(N[C@H](c1ccccc1)c1cccs1)C12C[C@H]3C[C@@H](CC(Cl)(C3)C1)C2. The van der Waals surface area contributed by atoms with Crippen LogP contribution >= 0.6 is 22.9 Å². The highest BCUT2D eigenvalue weighted by atomic mass is 35.5. The fourth-order valence-electron chi connectivity index (χ4n) is 6.12. The Hall–Kier alpha value is -1.32. The van der Waals surface area contributed by atoms with Gasteiger partial charge in [-0.3, -0.25) is 4.79 Å². The minimum absolute atomic E-state index is 0.0667. The highest BCUT2D eigenvalue weighted by Crippen LogP contribution is 2.64. The van der Waals surface area contributed by atoms with Crippen molar-refractivity contribution in [3.05, 3.63) is 58.3 Å². The van der Waals surface area contributed by atoms with Gasteiger partial charge < -0.3 is 5.32 Å². The minimum atomic E-state index is -0.254. The van der Waals surface area contributed by atoms with Gasteiger partial charge in [0.2, 0.25) is 5.91 Å². The van der Waals surface area contributed by atoms with Crippen LogP contribution < -0.4 is 5.32 Å². The molecular formula is C22H24ClNOS. The Morgan fingerprint density at radius 1 is 1.08 bits per heavy atom. The quantitative estimate of drug-likeness (QED) is 0.688. The standard InChI is InChI=1S/C22H24ClNOS/c23-22-12-15-9-16(13-22)11-21(10-15,14-22)20(25)24-19(18-7-4-8-26-18)17-5-2-1-3-6-17/h1-8,15-16,19H,9-14H2,(H,24,25)/t15-,16-,19-,21?,22?/m1/s1. The van der Waals surface area contributed by atoms with Gasteiger partial charge in [0.25, 0.3) is 0 Å². The molecule has 1 amide bonds.